The minimum absolute atomic E-state index is 0.0456. The van der Waals surface area contributed by atoms with Crippen LogP contribution in [0.3, 0.4) is 0 Å². The number of nitrogens with one attached hydrogen (secondary N) is 1. The van der Waals surface area contributed by atoms with Crippen LogP contribution in [0.2, 0.25) is 0 Å². The summed E-state index contributed by atoms with van der Waals surface area (Å²) >= 11 is 3.49. The molecular weight excluding hydrogens is 328 g/mol. The van der Waals surface area contributed by atoms with Gasteiger partial charge in [-0.3, -0.25) is 9.69 Å². The standard InChI is InChI=1S/C17H19BrN2O/c1-12-9-10-15(14(18)11-12)19-17(21)16(20(2)3)13-7-5-4-6-8-13/h4-11,16H,1-3H3,(H,19,21). The number of hydrogen-bond acceptors (Lipinski definition) is 2. The molecule has 21 heavy (non-hydrogen) atoms. The number of amides is 1. The maximum Gasteiger partial charge on any atom is 0.246 e. The van der Waals surface area contributed by atoms with Gasteiger partial charge in [0.15, 0.2) is 0 Å². The molecule has 4 heteroatoms. The molecular formula is C17H19BrN2O. The lowest BCUT2D eigenvalue weighted by Gasteiger charge is -2.24. The number of halogens is 1. The summed E-state index contributed by atoms with van der Waals surface area (Å²) in [7, 11) is 3.81. The predicted octanol–water partition coefficient (Wildman–Crippen LogP) is 4.00. The topological polar surface area (TPSA) is 32.3 Å². The quantitative estimate of drug-likeness (QED) is 0.907. The van der Waals surface area contributed by atoms with Gasteiger partial charge >= 0.3 is 0 Å². The van der Waals surface area contributed by atoms with E-state index in [-0.39, 0.29) is 11.9 Å². The molecule has 2 aromatic rings. The molecule has 2 aromatic carbocycles. The number of likely N-dealkylation sites (N-methyl/N-ethyl adjacent to an activating group) is 1. The maximum atomic E-state index is 12.6. The number of aryl methyl sites for hydroxylation is 1. The minimum atomic E-state index is -0.320. The van der Waals surface area contributed by atoms with Crippen LogP contribution in [0.5, 0.6) is 0 Å². The van der Waals surface area contributed by atoms with Gasteiger partial charge in [0, 0.05) is 4.47 Å². The zero-order valence-electron chi connectivity index (χ0n) is 12.4. The fraction of sp³-hybridized carbons (Fsp3) is 0.235. The molecule has 0 aliphatic rings. The molecule has 0 saturated carbocycles. The number of rotatable bonds is 4. The maximum absolute atomic E-state index is 12.6. The van der Waals surface area contributed by atoms with Crippen molar-refractivity contribution in [3.8, 4) is 0 Å². The SMILES string of the molecule is Cc1ccc(NC(=O)C(c2ccccc2)N(C)C)c(Br)c1. The summed E-state index contributed by atoms with van der Waals surface area (Å²) in [5, 5.41) is 2.99. The summed E-state index contributed by atoms with van der Waals surface area (Å²) < 4.78 is 0.890. The molecule has 0 spiro atoms. The Morgan fingerprint density at radius 2 is 1.81 bits per heavy atom. The van der Waals surface area contributed by atoms with E-state index in [1.165, 1.54) is 0 Å². The number of anilines is 1. The summed E-state index contributed by atoms with van der Waals surface area (Å²) in [4.78, 5) is 14.5. The van der Waals surface area contributed by atoms with Crippen molar-refractivity contribution in [3.63, 3.8) is 0 Å². The Morgan fingerprint density at radius 1 is 1.14 bits per heavy atom. The van der Waals surface area contributed by atoms with Crippen molar-refractivity contribution in [2.24, 2.45) is 0 Å². The number of nitrogens with zero attached hydrogens (tertiary/aromatic N) is 1. The van der Waals surface area contributed by atoms with E-state index in [1.807, 2.05) is 74.4 Å². The Hall–Kier alpha value is -1.65. The molecule has 0 fully saturated rings. The first-order valence-electron chi connectivity index (χ1n) is 6.77. The van der Waals surface area contributed by atoms with Gasteiger partial charge in [-0.15, -0.1) is 0 Å². The van der Waals surface area contributed by atoms with Crippen molar-refractivity contribution in [1.29, 1.82) is 0 Å². The van der Waals surface area contributed by atoms with Gasteiger partial charge in [-0.1, -0.05) is 36.4 Å². The van der Waals surface area contributed by atoms with E-state index in [0.29, 0.717) is 0 Å². The third-order valence-corrected chi connectivity index (χ3v) is 3.92. The summed E-state index contributed by atoms with van der Waals surface area (Å²) in [5.41, 5.74) is 2.91. The average Bonchev–Trinajstić information content (AvgIpc) is 2.43. The van der Waals surface area contributed by atoms with Crippen LogP contribution in [-0.4, -0.2) is 24.9 Å². The third kappa shape index (κ3) is 3.93. The molecule has 0 aromatic heterocycles. The summed E-state index contributed by atoms with van der Waals surface area (Å²) in [6.45, 7) is 2.02. The molecule has 1 atom stereocenters. The zero-order valence-corrected chi connectivity index (χ0v) is 14.0. The molecule has 1 amide bonds. The average molecular weight is 347 g/mol. The van der Waals surface area contributed by atoms with Gasteiger partial charge in [-0.05, 0) is 60.2 Å². The van der Waals surface area contributed by atoms with Gasteiger partial charge in [-0.25, -0.2) is 0 Å². The highest BCUT2D eigenvalue weighted by Gasteiger charge is 2.23. The first-order chi connectivity index (χ1) is 9.99. The lowest BCUT2D eigenvalue weighted by Crippen LogP contribution is -2.32. The Kier molecular flexibility index (Phi) is 5.15. The fourth-order valence-corrected chi connectivity index (χ4v) is 2.83. The predicted molar refractivity (Wildman–Crippen MR) is 90.4 cm³/mol. The van der Waals surface area contributed by atoms with Crippen molar-refractivity contribution in [2.45, 2.75) is 13.0 Å². The molecule has 1 unspecified atom stereocenters. The van der Waals surface area contributed by atoms with Crippen LogP contribution >= 0.6 is 15.9 Å². The van der Waals surface area contributed by atoms with Crippen LogP contribution in [0, 0.1) is 6.92 Å². The second kappa shape index (κ2) is 6.87. The van der Waals surface area contributed by atoms with Gasteiger partial charge in [-0.2, -0.15) is 0 Å². The summed E-state index contributed by atoms with van der Waals surface area (Å²) in [5.74, 6) is -0.0456. The normalized spacial score (nSPS) is 12.2. The highest BCUT2D eigenvalue weighted by molar-refractivity contribution is 9.10. The van der Waals surface area contributed by atoms with Gasteiger partial charge < -0.3 is 5.32 Å². The second-order valence-electron chi connectivity index (χ2n) is 5.25. The number of hydrogen-bond donors (Lipinski definition) is 1. The van der Waals surface area contributed by atoms with E-state index in [4.69, 9.17) is 0 Å². The molecule has 0 aliphatic heterocycles. The van der Waals surface area contributed by atoms with Crippen molar-refractivity contribution < 1.29 is 4.79 Å². The Labute approximate surface area is 134 Å². The first-order valence-corrected chi connectivity index (χ1v) is 7.56. The van der Waals surface area contributed by atoms with Crippen molar-refractivity contribution in [3.05, 3.63) is 64.1 Å². The molecule has 2 rings (SSSR count). The monoisotopic (exact) mass is 346 g/mol. The molecule has 1 N–H and O–H groups in total. The molecule has 0 heterocycles. The lowest BCUT2D eigenvalue weighted by atomic mass is 10.1. The van der Waals surface area contributed by atoms with Crippen molar-refractivity contribution in [1.82, 2.24) is 4.90 Å². The van der Waals surface area contributed by atoms with Crippen LogP contribution in [-0.2, 0) is 4.79 Å². The van der Waals surface area contributed by atoms with Gasteiger partial charge in [0.2, 0.25) is 5.91 Å². The minimum Gasteiger partial charge on any atom is -0.323 e. The second-order valence-corrected chi connectivity index (χ2v) is 6.10. The first kappa shape index (κ1) is 15.7. The van der Waals surface area contributed by atoms with Crippen LogP contribution in [0.4, 0.5) is 5.69 Å². The Morgan fingerprint density at radius 3 is 2.38 bits per heavy atom. The molecule has 0 saturated heterocycles. The van der Waals surface area contributed by atoms with E-state index < -0.39 is 0 Å². The summed E-state index contributed by atoms with van der Waals surface area (Å²) in [6.07, 6.45) is 0. The molecule has 3 nitrogen and oxygen atoms in total. The molecule has 0 radical (unpaired) electrons. The van der Waals surface area contributed by atoms with Gasteiger partial charge in [0.05, 0.1) is 5.69 Å². The van der Waals surface area contributed by atoms with Gasteiger partial charge in [0.25, 0.3) is 0 Å². The highest BCUT2D eigenvalue weighted by atomic mass is 79.9. The molecule has 110 valence electrons. The fourth-order valence-electron chi connectivity index (χ4n) is 2.24. The highest BCUT2D eigenvalue weighted by Crippen LogP contribution is 2.26. The smallest absolute Gasteiger partial charge is 0.246 e. The Balaban J connectivity index is 2.24. The van der Waals surface area contributed by atoms with Crippen molar-refractivity contribution in [2.75, 3.05) is 19.4 Å². The van der Waals surface area contributed by atoms with Crippen LogP contribution in [0.25, 0.3) is 0 Å². The number of benzene rings is 2. The third-order valence-electron chi connectivity index (χ3n) is 3.26. The van der Waals surface area contributed by atoms with Crippen LogP contribution < -0.4 is 5.32 Å². The molecule has 0 aliphatic carbocycles. The Bertz CT molecular complexity index is 626. The van der Waals surface area contributed by atoms with E-state index >= 15 is 0 Å². The zero-order chi connectivity index (χ0) is 15.4. The van der Waals surface area contributed by atoms with E-state index in [1.54, 1.807) is 0 Å². The van der Waals surface area contributed by atoms with Crippen LogP contribution in [0.15, 0.2) is 53.0 Å². The van der Waals surface area contributed by atoms with E-state index in [2.05, 4.69) is 21.2 Å². The van der Waals surface area contributed by atoms with E-state index in [0.717, 1.165) is 21.3 Å². The number of carbonyl (C=O) groups is 1. The van der Waals surface area contributed by atoms with Crippen LogP contribution in [0.1, 0.15) is 17.2 Å². The van der Waals surface area contributed by atoms with Gasteiger partial charge in [0.1, 0.15) is 6.04 Å². The van der Waals surface area contributed by atoms with E-state index in [9.17, 15) is 4.79 Å². The largest absolute Gasteiger partial charge is 0.323 e. The molecule has 0 bridgehead atoms. The lowest BCUT2D eigenvalue weighted by molar-refractivity contribution is -0.120. The number of carbonyl (C=O) groups excluding carboxylic acids is 1. The summed E-state index contributed by atoms with van der Waals surface area (Å²) in [6, 6.07) is 15.3. The van der Waals surface area contributed by atoms with Crippen molar-refractivity contribution >= 4 is 27.5 Å².